The second-order valence-corrected chi connectivity index (χ2v) is 4.60. The second kappa shape index (κ2) is 3.63. The lowest BCUT2D eigenvalue weighted by molar-refractivity contribution is 0.574. The summed E-state index contributed by atoms with van der Waals surface area (Å²) >= 11 is 7.38. The van der Waals surface area contributed by atoms with Crippen LogP contribution < -0.4 is 5.73 Å². The number of nitrogens with zero attached hydrogens (tertiary/aromatic N) is 2. The number of nitrogen functional groups attached to an aromatic ring is 1. The van der Waals surface area contributed by atoms with E-state index in [1.165, 1.54) is 11.3 Å². The molecule has 0 spiro atoms. The van der Waals surface area contributed by atoms with E-state index in [0.717, 1.165) is 9.90 Å². The fourth-order valence-electron chi connectivity index (χ4n) is 1.33. The van der Waals surface area contributed by atoms with Crippen molar-refractivity contribution in [2.75, 3.05) is 5.73 Å². The number of hydrogen-bond acceptors (Lipinski definition) is 3. The summed E-state index contributed by atoms with van der Waals surface area (Å²) in [5, 5.41) is 6.18. The van der Waals surface area contributed by atoms with Crippen molar-refractivity contribution in [3.8, 4) is 0 Å². The summed E-state index contributed by atoms with van der Waals surface area (Å²) in [5.41, 5.74) is 6.89. The van der Waals surface area contributed by atoms with Crippen LogP contribution in [-0.4, -0.2) is 9.78 Å². The summed E-state index contributed by atoms with van der Waals surface area (Å²) < 4.78 is 2.57. The zero-order chi connectivity index (χ0) is 10.1. The average Bonchev–Trinajstić information content (AvgIpc) is 2.73. The SMILES string of the molecule is CC(c1csc(Cl)c1)n1nccc1N. The number of thiophene rings is 1. The van der Waals surface area contributed by atoms with E-state index in [2.05, 4.69) is 5.10 Å². The van der Waals surface area contributed by atoms with Crippen LogP contribution in [0.1, 0.15) is 18.5 Å². The summed E-state index contributed by atoms with van der Waals surface area (Å²) in [6.07, 6.45) is 1.69. The van der Waals surface area contributed by atoms with Gasteiger partial charge in [0.15, 0.2) is 0 Å². The normalized spacial score (nSPS) is 13.0. The molecule has 0 amide bonds. The van der Waals surface area contributed by atoms with E-state index >= 15 is 0 Å². The molecule has 0 bridgehead atoms. The molecule has 2 aromatic rings. The summed E-state index contributed by atoms with van der Waals surface area (Å²) in [7, 11) is 0. The van der Waals surface area contributed by atoms with Gasteiger partial charge in [0, 0.05) is 0 Å². The largest absolute Gasteiger partial charge is 0.384 e. The molecule has 0 radical (unpaired) electrons. The van der Waals surface area contributed by atoms with Gasteiger partial charge in [-0.05, 0) is 30.0 Å². The van der Waals surface area contributed by atoms with Gasteiger partial charge in [-0.1, -0.05) is 11.6 Å². The van der Waals surface area contributed by atoms with E-state index in [0.29, 0.717) is 5.82 Å². The second-order valence-electron chi connectivity index (χ2n) is 3.06. The molecule has 0 saturated heterocycles. The molecule has 1 atom stereocenters. The minimum absolute atomic E-state index is 0.133. The Bertz CT molecular complexity index is 435. The number of anilines is 1. The Hall–Kier alpha value is -1.00. The Morgan fingerprint density at radius 2 is 2.43 bits per heavy atom. The maximum Gasteiger partial charge on any atom is 0.122 e. The highest BCUT2D eigenvalue weighted by atomic mass is 35.5. The van der Waals surface area contributed by atoms with Gasteiger partial charge in [-0.25, -0.2) is 4.68 Å². The van der Waals surface area contributed by atoms with E-state index in [1.807, 2.05) is 18.4 Å². The Kier molecular flexibility index (Phi) is 2.48. The smallest absolute Gasteiger partial charge is 0.122 e. The van der Waals surface area contributed by atoms with Crippen LogP contribution >= 0.6 is 22.9 Å². The first-order valence-corrected chi connectivity index (χ1v) is 5.47. The summed E-state index contributed by atoms with van der Waals surface area (Å²) in [5.74, 6) is 0.667. The zero-order valence-corrected chi connectivity index (χ0v) is 9.22. The molecule has 1 unspecified atom stereocenters. The molecular weight excluding hydrogens is 218 g/mol. The number of hydrogen-bond donors (Lipinski definition) is 1. The van der Waals surface area contributed by atoms with Crippen LogP contribution in [0.2, 0.25) is 4.34 Å². The predicted molar refractivity (Wildman–Crippen MR) is 59.8 cm³/mol. The van der Waals surface area contributed by atoms with Crippen LogP contribution in [0, 0.1) is 0 Å². The Morgan fingerprint density at radius 1 is 1.64 bits per heavy atom. The third kappa shape index (κ3) is 1.63. The van der Waals surface area contributed by atoms with Gasteiger partial charge in [-0.3, -0.25) is 0 Å². The third-order valence-electron chi connectivity index (χ3n) is 2.14. The van der Waals surface area contributed by atoms with Crippen molar-refractivity contribution in [2.45, 2.75) is 13.0 Å². The molecule has 74 valence electrons. The molecule has 0 aliphatic rings. The topological polar surface area (TPSA) is 43.8 Å². The quantitative estimate of drug-likeness (QED) is 0.858. The Balaban J connectivity index is 2.33. The van der Waals surface area contributed by atoms with E-state index in [9.17, 15) is 0 Å². The van der Waals surface area contributed by atoms with Crippen molar-refractivity contribution in [3.63, 3.8) is 0 Å². The van der Waals surface area contributed by atoms with Gasteiger partial charge in [0.2, 0.25) is 0 Å². The summed E-state index contributed by atoms with van der Waals surface area (Å²) in [4.78, 5) is 0. The van der Waals surface area contributed by atoms with Crippen LogP contribution in [0.4, 0.5) is 5.82 Å². The fourth-order valence-corrected chi connectivity index (χ4v) is 2.31. The predicted octanol–water partition coefficient (Wildman–Crippen LogP) is 2.79. The van der Waals surface area contributed by atoms with Gasteiger partial charge in [-0.2, -0.15) is 5.10 Å². The van der Waals surface area contributed by atoms with Crippen molar-refractivity contribution in [1.29, 1.82) is 0 Å². The van der Waals surface area contributed by atoms with Gasteiger partial charge in [0.05, 0.1) is 16.6 Å². The van der Waals surface area contributed by atoms with E-state index < -0.39 is 0 Å². The number of halogens is 1. The molecule has 0 aliphatic carbocycles. The average molecular weight is 228 g/mol. The van der Waals surface area contributed by atoms with Gasteiger partial charge >= 0.3 is 0 Å². The van der Waals surface area contributed by atoms with Crippen molar-refractivity contribution in [2.24, 2.45) is 0 Å². The Labute approximate surface area is 91.1 Å². The molecule has 14 heavy (non-hydrogen) atoms. The molecule has 2 aromatic heterocycles. The lowest BCUT2D eigenvalue weighted by Crippen LogP contribution is -2.10. The minimum atomic E-state index is 0.133. The van der Waals surface area contributed by atoms with Crippen molar-refractivity contribution in [1.82, 2.24) is 9.78 Å². The number of aromatic nitrogens is 2. The van der Waals surface area contributed by atoms with Gasteiger partial charge < -0.3 is 5.73 Å². The molecule has 2 heterocycles. The van der Waals surface area contributed by atoms with Crippen LogP contribution in [-0.2, 0) is 0 Å². The van der Waals surface area contributed by atoms with Crippen LogP contribution in [0.15, 0.2) is 23.7 Å². The monoisotopic (exact) mass is 227 g/mol. The van der Waals surface area contributed by atoms with Gasteiger partial charge in [-0.15, -0.1) is 11.3 Å². The molecule has 0 fully saturated rings. The van der Waals surface area contributed by atoms with E-state index in [1.54, 1.807) is 16.9 Å². The van der Waals surface area contributed by atoms with Crippen molar-refractivity contribution < 1.29 is 0 Å². The summed E-state index contributed by atoms with van der Waals surface area (Å²) in [6, 6.07) is 3.86. The lowest BCUT2D eigenvalue weighted by atomic mass is 10.2. The molecule has 2 N–H and O–H groups in total. The highest BCUT2D eigenvalue weighted by Gasteiger charge is 2.11. The molecule has 2 rings (SSSR count). The highest BCUT2D eigenvalue weighted by molar-refractivity contribution is 7.14. The molecule has 5 heteroatoms. The fraction of sp³-hybridized carbons (Fsp3) is 0.222. The minimum Gasteiger partial charge on any atom is -0.384 e. The number of nitrogens with two attached hydrogens (primary N) is 1. The maximum absolute atomic E-state index is 5.86. The Morgan fingerprint density at radius 3 is 2.93 bits per heavy atom. The third-order valence-corrected chi connectivity index (χ3v) is 3.25. The van der Waals surface area contributed by atoms with Crippen molar-refractivity contribution in [3.05, 3.63) is 33.6 Å². The first kappa shape index (κ1) is 9.55. The maximum atomic E-state index is 5.86. The lowest BCUT2D eigenvalue weighted by Gasteiger charge is -2.11. The van der Waals surface area contributed by atoms with E-state index in [4.69, 9.17) is 17.3 Å². The standard InChI is InChI=1S/C9H10ClN3S/c1-6(7-4-8(10)14-5-7)13-9(11)2-3-12-13/h2-6H,11H2,1H3. The molecule has 3 nitrogen and oxygen atoms in total. The van der Waals surface area contributed by atoms with Gasteiger partial charge in [0.1, 0.15) is 5.82 Å². The van der Waals surface area contributed by atoms with Gasteiger partial charge in [0.25, 0.3) is 0 Å². The first-order valence-electron chi connectivity index (χ1n) is 4.21. The van der Waals surface area contributed by atoms with E-state index in [-0.39, 0.29) is 6.04 Å². The highest BCUT2D eigenvalue weighted by Crippen LogP contribution is 2.27. The first-order chi connectivity index (χ1) is 6.68. The molecule has 0 saturated carbocycles. The zero-order valence-electron chi connectivity index (χ0n) is 7.64. The number of rotatable bonds is 2. The van der Waals surface area contributed by atoms with Crippen molar-refractivity contribution >= 4 is 28.8 Å². The molecule has 0 aliphatic heterocycles. The van der Waals surface area contributed by atoms with Crippen LogP contribution in [0.5, 0.6) is 0 Å². The molecule has 0 aromatic carbocycles. The summed E-state index contributed by atoms with van der Waals surface area (Å²) in [6.45, 7) is 2.04. The van der Waals surface area contributed by atoms with Crippen LogP contribution in [0.3, 0.4) is 0 Å². The molecular formula is C9H10ClN3S. The van der Waals surface area contributed by atoms with Crippen LogP contribution in [0.25, 0.3) is 0 Å².